The highest BCUT2D eigenvalue weighted by molar-refractivity contribution is 7.07. The molecule has 44 heavy (non-hydrogen) atoms. The van der Waals surface area contributed by atoms with E-state index >= 15 is 0 Å². The first-order valence-corrected chi connectivity index (χ1v) is 14.3. The molecule has 5 rings (SSSR count). The third kappa shape index (κ3) is 5.81. The van der Waals surface area contributed by atoms with E-state index in [-0.39, 0.29) is 44.3 Å². The molecule has 13 heteroatoms. The van der Waals surface area contributed by atoms with Crippen LogP contribution in [0, 0.1) is 10.1 Å². The van der Waals surface area contributed by atoms with E-state index in [1.807, 2.05) is 30.3 Å². The molecule has 1 aliphatic rings. The summed E-state index contributed by atoms with van der Waals surface area (Å²) >= 11 is 7.34. The zero-order valence-corrected chi connectivity index (χ0v) is 25.6. The van der Waals surface area contributed by atoms with Gasteiger partial charge in [-0.05, 0) is 42.8 Å². The van der Waals surface area contributed by atoms with E-state index in [0.29, 0.717) is 22.0 Å². The standard InChI is InChI=1S/C31H26ClN3O8S/c1-17-27(30(37)42-4)28(21-14-20(32)10-11-23(21)40-2)34-29(36)26(44-31(34)33-17)13-19-12-24(41-3)25(15-22(19)35(38)39)43-16-18-8-6-5-7-9-18/h5-15,28H,16H2,1-4H3/b26-13-/t28-/m1/s1. The molecule has 0 N–H and O–H groups in total. The van der Waals surface area contributed by atoms with Gasteiger partial charge in [-0.25, -0.2) is 9.79 Å². The van der Waals surface area contributed by atoms with Crippen molar-refractivity contribution in [2.75, 3.05) is 21.3 Å². The molecule has 4 aromatic rings. The molecule has 2 heterocycles. The number of nitrogens with zero attached hydrogens (tertiary/aromatic N) is 3. The molecule has 3 aromatic carbocycles. The molecule has 0 aliphatic carbocycles. The van der Waals surface area contributed by atoms with E-state index < -0.39 is 22.5 Å². The van der Waals surface area contributed by atoms with Crippen molar-refractivity contribution in [3.8, 4) is 17.2 Å². The number of hydrogen-bond donors (Lipinski definition) is 0. The molecule has 1 aromatic heterocycles. The van der Waals surface area contributed by atoms with Gasteiger partial charge >= 0.3 is 5.97 Å². The van der Waals surface area contributed by atoms with Crippen LogP contribution < -0.4 is 29.1 Å². The van der Waals surface area contributed by atoms with Gasteiger partial charge in [-0.15, -0.1) is 0 Å². The second-order valence-electron chi connectivity index (χ2n) is 9.55. The minimum atomic E-state index is -0.993. The first-order valence-electron chi connectivity index (χ1n) is 13.1. The summed E-state index contributed by atoms with van der Waals surface area (Å²) in [6.45, 7) is 1.80. The Bertz CT molecular complexity index is 1990. The Morgan fingerprint density at radius 3 is 2.45 bits per heavy atom. The molecule has 0 bridgehead atoms. The van der Waals surface area contributed by atoms with Crippen molar-refractivity contribution in [2.24, 2.45) is 4.99 Å². The fraction of sp³-hybridized carbons (Fsp3) is 0.194. The van der Waals surface area contributed by atoms with Crippen LogP contribution in [0.25, 0.3) is 6.08 Å². The number of esters is 1. The van der Waals surface area contributed by atoms with Crippen LogP contribution in [-0.4, -0.2) is 36.8 Å². The number of halogens is 1. The van der Waals surface area contributed by atoms with Gasteiger partial charge in [0.2, 0.25) is 0 Å². The highest BCUT2D eigenvalue weighted by atomic mass is 35.5. The molecule has 0 saturated heterocycles. The Kier molecular flexibility index (Phi) is 8.83. The number of carbonyl (C=O) groups excluding carboxylic acids is 1. The number of aromatic nitrogens is 1. The maximum Gasteiger partial charge on any atom is 0.338 e. The van der Waals surface area contributed by atoms with Crippen molar-refractivity contribution in [3.05, 3.63) is 123 Å². The maximum absolute atomic E-state index is 14.0. The molecule has 1 atom stereocenters. The lowest BCUT2D eigenvalue weighted by Crippen LogP contribution is -2.40. The monoisotopic (exact) mass is 635 g/mol. The van der Waals surface area contributed by atoms with E-state index in [4.69, 9.17) is 30.5 Å². The van der Waals surface area contributed by atoms with Gasteiger partial charge in [0.1, 0.15) is 18.4 Å². The van der Waals surface area contributed by atoms with Gasteiger partial charge in [0.05, 0.1) is 53.7 Å². The van der Waals surface area contributed by atoms with Crippen molar-refractivity contribution < 1.29 is 28.7 Å². The fourth-order valence-corrected chi connectivity index (χ4v) is 6.11. The number of ether oxygens (including phenoxy) is 4. The lowest BCUT2D eigenvalue weighted by Gasteiger charge is -2.25. The van der Waals surface area contributed by atoms with E-state index in [0.717, 1.165) is 16.9 Å². The number of allylic oxidation sites excluding steroid dienone is 1. The Morgan fingerprint density at radius 1 is 1.07 bits per heavy atom. The average Bonchev–Trinajstić information content (AvgIpc) is 3.32. The van der Waals surface area contributed by atoms with Crippen LogP contribution in [0.3, 0.4) is 0 Å². The zero-order chi connectivity index (χ0) is 31.5. The molecule has 0 fully saturated rings. The van der Waals surface area contributed by atoms with Crippen molar-refractivity contribution in [2.45, 2.75) is 19.6 Å². The average molecular weight is 636 g/mol. The Balaban J connectivity index is 1.68. The summed E-state index contributed by atoms with van der Waals surface area (Å²) in [5, 5.41) is 12.5. The normalized spacial score (nSPS) is 14.5. The van der Waals surface area contributed by atoms with Gasteiger partial charge < -0.3 is 18.9 Å². The summed E-state index contributed by atoms with van der Waals surface area (Å²) in [5.74, 6) is 0.125. The van der Waals surface area contributed by atoms with Gasteiger partial charge in [0.15, 0.2) is 16.3 Å². The topological polar surface area (TPSA) is 131 Å². The predicted molar refractivity (Wildman–Crippen MR) is 164 cm³/mol. The van der Waals surface area contributed by atoms with Gasteiger partial charge in [0, 0.05) is 10.6 Å². The van der Waals surface area contributed by atoms with Crippen LogP contribution in [0.4, 0.5) is 5.69 Å². The molecule has 0 radical (unpaired) electrons. The minimum absolute atomic E-state index is 0.116. The van der Waals surface area contributed by atoms with Crippen molar-refractivity contribution in [1.29, 1.82) is 0 Å². The van der Waals surface area contributed by atoms with Crippen LogP contribution in [0.1, 0.15) is 29.7 Å². The molecule has 226 valence electrons. The van der Waals surface area contributed by atoms with Gasteiger partial charge in [-0.3, -0.25) is 19.5 Å². The summed E-state index contributed by atoms with van der Waals surface area (Å²) in [4.78, 5) is 43.4. The van der Waals surface area contributed by atoms with E-state index in [1.54, 1.807) is 25.1 Å². The number of nitro groups is 1. The zero-order valence-electron chi connectivity index (χ0n) is 24.0. The van der Waals surface area contributed by atoms with Crippen LogP contribution in [0.15, 0.2) is 81.7 Å². The quantitative estimate of drug-likeness (QED) is 0.149. The van der Waals surface area contributed by atoms with Crippen molar-refractivity contribution in [1.82, 2.24) is 4.57 Å². The molecular weight excluding hydrogens is 610 g/mol. The molecule has 0 amide bonds. The molecule has 0 unspecified atom stereocenters. The molecule has 0 saturated carbocycles. The number of carbonyl (C=O) groups is 1. The number of fused-ring (bicyclic) bond motifs is 1. The number of benzene rings is 3. The van der Waals surface area contributed by atoms with Crippen LogP contribution in [0.2, 0.25) is 5.02 Å². The van der Waals surface area contributed by atoms with E-state index in [1.165, 1.54) is 44.1 Å². The summed E-state index contributed by atoms with van der Waals surface area (Å²) in [5.41, 5.74) is 1.06. The second-order valence-corrected chi connectivity index (χ2v) is 11.0. The van der Waals surface area contributed by atoms with Crippen molar-refractivity contribution >= 4 is 40.7 Å². The third-order valence-corrected chi connectivity index (χ3v) is 8.16. The van der Waals surface area contributed by atoms with Crippen LogP contribution >= 0.6 is 22.9 Å². The van der Waals surface area contributed by atoms with E-state index in [2.05, 4.69) is 4.99 Å². The number of nitro benzene ring substituents is 1. The van der Waals surface area contributed by atoms with E-state index in [9.17, 15) is 19.7 Å². The Labute approximate surface area is 260 Å². The minimum Gasteiger partial charge on any atom is -0.496 e. The Morgan fingerprint density at radius 2 is 1.80 bits per heavy atom. The molecule has 0 spiro atoms. The summed E-state index contributed by atoms with van der Waals surface area (Å²) in [7, 11) is 4.12. The highest BCUT2D eigenvalue weighted by Crippen LogP contribution is 2.38. The van der Waals surface area contributed by atoms with Crippen LogP contribution in [0.5, 0.6) is 17.2 Å². The second kappa shape index (κ2) is 12.7. The number of methoxy groups -OCH3 is 3. The smallest absolute Gasteiger partial charge is 0.338 e. The number of thiazole rings is 1. The maximum atomic E-state index is 14.0. The lowest BCUT2D eigenvalue weighted by molar-refractivity contribution is -0.385. The SMILES string of the molecule is COC(=O)C1=C(C)N=c2s/c(=C\c3cc(OC)c(OCc4ccccc4)cc3[N+](=O)[O-])c(=O)n2[C@@H]1c1cc(Cl)ccc1OC. The van der Waals surface area contributed by atoms with Gasteiger partial charge in [-0.1, -0.05) is 53.3 Å². The summed E-state index contributed by atoms with van der Waals surface area (Å²) < 4.78 is 23.4. The summed E-state index contributed by atoms with van der Waals surface area (Å²) in [6, 6.07) is 15.9. The summed E-state index contributed by atoms with van der Waals surface area (Å²) in [6.07, 6.45) is 1.40. The molecule has 11 nitrogen and oxygen atoms in total. The lowest BCUT2D eigenvalue weighted by atomic mass is 9.95. The number of rotatable bonds is 9. The van der Waals surface area contributed by atoms with Crippen molar-refractivity contribution in [3.63, 3.8) is 0 Å². The number of hydrogen-bond acceptors (Lipinski definition) is 10. The fourth-order valence-electron chi connectivity index (χ4n) is 4.89. The van der Waals surface area contributed by atoms with Gasteiger partial charge in [-0.2, -0.15) is 0 Å². The van der Waals surface area contributed by atoms with Crippen LogP contribution in [-0.2, 0) is 16.1 Å². The highest BCUT2D eigenvalue weighted by Gasteiger charge is 2.35. The molecule has 1 aliphatic heterocycles. The molecular formula is C31H26ClN3O8S. The first-order chi connectivity index (χ1) is 21.2. The van der Waals surface area contributed by atoms with Gasteiger partial charge in [0.25, 0.3) is 11.2 Å². The first kappa shape index (κ1) is 30.5. The third-order valence-electron chi connectivity index (χ3n) is 6.95. The predicted octanol–water partition coefficient (Wildman–Crippen LogP) is 4.57. The Hall–Kier alpha value is -4.94. The largest absolute Gasteiger partial charge is 0.496 e.